The second kappa shape index (κ2) is 4.63. The van der Waals surface area contributed by atoms with E-state index < -0.39 is 5.97 Å². The number of carboxylic acid groups (broad SMARTS) is 1. The highest BCUT2D eigenvalue weighted by Gasteiger charge is 2.42. The summed E-state index contributed by atoms with van der Waals surface area (Å²) in [5, 5.41) is 9.00. The molecule has 1 saturated heterocycles. The highest BCUT2D eigenvalue weighted by molar-refractivity contribution is 5.68. The van der Waals surface area contributed by atoms with Crippen LogP contribution in [0.25, 0.3) is 0 Å². The van der Waals surface area contributed by atoms with Crippen LogP contribution in [0.1, 0.15) is 32.3 Å². The molecule has 1 atom stereocenters. The maximum Gasteiger partial charge on any atom is 0.303 e. The number of carboxylic acids is 1. The normalized spacial score (nSPS) is 22.2. The van der Waals surface area contributed by atoms with E-state index in [2.05, 4.69) is 37.8 Å². The van der Waals surface area contributed by atoms with Gasteiger partial charge in [0.25, 0.3) is 0 Å². The highest BCUT2D eigenvalue weighted by Crippen LogP contribution is 2.40. The van der Waals surface area contributed by atoms with Crippen LogP contribution in [0.2, 0.25) is 0 Å². The first-order valence-corrected chi connectivity index (χ1v) is 6.48. The molecule has 1 aromatic carbocycles. The van der Waals surface area contributed by atoms with Gasteiger partial charge in [0.15, 0.2) is 0 Å². The molecule has 1 N–H and O–H groups in total. The van der Waals surface area contributed by atoms with Crippen LogP contribution in [0, 0.1) is 12.8 Å². The lowest BCUT2D eigenvalue weighted by atomic mass is 9.85. The zero-order valence-electron chi connectivity index (χ0n) is 11.3. The maximum absolute atomic E-state index is 10.9. The molecule has 3 nitrogen and oxygen atoms in total. The number of rotatable bonds is 3. The predicted molar refractivity (Wildman–Crippen MR) is 73.0 cm³/mol. The first-order chi connectivity index (χ1) is 8.43. The maximum atomic E-state index is 10.9. The van der Waals surface area contributed by atoms with E-state index in [1.807, 2.05) is 12.1 Å². The number of carbonyl (C=O) groups is 1. The Labute approximate surface area is 108 Å². The Balaban J connectivity index is 2.27. The average molecular weight is 247 g/mol. The van der Waals surface area contributed by atoms with Gasteiger partial charge < -0.3 is 10.0 Å². The van der Waals surface area contributed by atoms with Gasteiger partial charge in [-0.05, 0) is 44.7 Å². The Kier molecular flexibility index (Phi) is 3.33. The van der Waals surface area contributed by atoms with E-state index in [0.717, 1.165) is 13.0 Å². The van der Waals surface area contributed by atoms with E-state index >= 15 is 0 Å². The summed E-state index contributed by atoms with van der Waals surface area (Å²) in [5.41, 5.74) is 2.39. The van der Waals surface area contributed by atoms with Crippen LogP contribution in [-0.2, 0) is 4.79 Å². The molecule has 1 aromatic rings. The monoisotopic (exact) mass is 247 g/mol. The van der Waals surface area contributed by atoms with Crippen molar-refractivity contribution in [2.24, 2.45) is 5.92 Å². The number of para-hydroxylation sites is 1. The molecule has 0 aromatic heterocycles. The summed E-state index contributed by atoms with van der Waals surface area (Å²) < 4.78 is 0. The van der Waals surface area contributed by atoms with Crippen molar-refractivity contribution in [3.63, 3.8) is 0 Å². The van der Waals surface area contributed by atoms with Gasteiger partial charge in [0.05, 0.1) is 6.42 Å². The second-order valence-corrected chi connectivity index (χ2v) is 5.68. The fourth-order valence-corrected chi connectivity index (χ4v) is 3.01. The summed E-state index contributed by atoms with van der Waals surface area (Å²) >= 11 is 0. The van der Waals surface area contributed by atoms with Crippen molar-refractivity contribution in [1.29, 1.82) is 0 Å². The second-order valence-electron chi connectivity index (χ2n) is 5.68. The Hall–Kier alpha value is -1.51. The van der Waals surface area contributed by atoms with Crippen LogP contribution in [-0.4, -0.2) is 23.2 Å². The van der Waals surface area contributed by atoms with Gasteiger partial charge >= 0.3 is 5.97 Å². The Morgan fingerprint density at radius 2 is 2.11 bits per heavy atom. The topological polar surface area (TPSA) is 40.5 Å². The van der Waals surface area contributed by atoms with Crippen LogP contribution in [0.3, 0.4) is 0 Å². The summed E-state index contributed by atoms with van der Waals surface area (Å²) in [6.07, 6.45) is 1.21. The molecule has 2 rings (SSSR count). The zero-order chi connectivity index (χ0) is 13.3. The van der Waals surface area contributed by atoms with Gasteiger partial charge in [-0.3, -0.25) is 4.79 Å². The molecule has 18 heavy (non-hydrogen) atoms. The first kappa shape index (κ1) is 12.9. The van der Waals surface area contributed by atoms with Crippen molar-refractivity contribution in [2.45, 2.75) is 39.2 Å². The van der Waals surface area contributed by atoms with Crippen molar-refractivity contribution >= 4 is 11.7 Å². The van der Waals surface area contributed by atoms with Crippen molar-refractivity contribution < 1.29 is 9.90 Å². The van der Waals surface area contributed by atoms with Gasteiger partial charge in [-0.25, -0.2) is 0 Å². The predicted octanol–water partition coefficient (Wildman–Crippen LogP) is 3.07. The lowest BCUT2D eigenvalue weighted by molar-refractivity contribution is -0.138. The highest BCUT2D eigenvalue weighted by atomic mass is 16.4. The van der Waals surface area contributed by atoms with Gasteiger partial charge in [-0.2, -0.15) is 0 Å². The Morgan fingerprint density at radius 3 is 2.72 bits per heavy atom. The number of aliphatic carboxylic acids is 1. The zero-order valence-corrected chi connectivity index (χ0v) is 11.3. The molecule has 0 bridgehead atoms. The van der Waals surface area contributed by atoms with E-state index in [-0.39, 0.29) is 17.9 Å². The number of benzene rings is 1. The minimum absolute atomic E-state index is 0.0928. The van der Waals surface area contributed by atoms with Crippen molar-refractivity contribution in [1.82, 2.24) is 0 Å². The third kappa shape index (κ3) is 2.22. The molecule has 1 fully saturated rings. The molecule has 3 heteroatoms. The van der Waals surface area contributed by atoms with Gasteiger partial charge in [0.2, 0.25) is 0 Å². The summed E-state index contributed by atoms with van der Waals surface area (Å²) in [7, 11) is 0. The molecule has 0 saturated carbocycles. The molecule has 1 heterocycles. The number of hydrogen-bond donors (Lipinski definition) is 1. The fraction of sp³-hybridized carbons (Fsp3) is 0.533. The number of anilines is 1. The van der Waals surface area contributed by atoms with Gasteiger partial charge in [-0.15, -0.1) is 0 Å². The molecule has 0 amide bonds. The van der Waals surface area contributed by atoms with E-state index in [0.29, 0.717) is 0 Å². The number of hydrogen-bond acceptors (Lipinski definition) is 2. The molecular formula is C15H21NO2. The van der Waals surface area contributed by atoms with E-state index in [9.17, 15) is 4.79 Å². The van der Waals surface area contributed by atoms with Crippen LogP contribution < -0.4 is 4.90 Å². The molecule has 1 aliphatic rings. The van der Waals surface area contributed by atoms with Crippen molar-refractivity contribution in [2.75, 3.05) is 11.4 Å². The minimum Gasteiger partial charge on any atom is -0.481 e. The van der Waals surface area contributed by atoms with Crippen LogP contribution in [0.5, 0.6) is 0 Å². The molecule has 1 unspecified atom stereocenters. The molecule has 98 valence electrons. The molecule has 1 aliphatic heterocycles. The van der Waals surface area contributed by atoms with Crippen molar-refractivity contribution in [3.05, 3.63) is 29.8 Å². The van der Waals surface area contributed by atoms with Gasteiger partial charge in [0.1, 0.15) is 0 Å². The van der Waals surface area contributed by atoms with Crippen molar-refractivity contribution in [3.8, 4) is 0 Å². The first-order valence-electron chi connectivity index (χ1n) is 6.48. The molecular weight excluding hydrogens is 226 g/mol. The average Bonchev–Trinajstić information content (AvgIpc) is 2.55. The SMILES string of the molecule is Cc1ccccc1N1CCC(CC(=O)O)C1(C)C. The largest absolute Gasteiger partial charge is 0.481 e. The molecule has 0 aliphatic carbocycles. The van der Waals surface area contributed by atoms with Crippen LogP contribution in [0.4, 0.5) is 5.69 Å². The summed E-state index contributed by atoms with van der Waals surface area (Å²) in [6, 6.07) is 8.32. The van der Waals surface area contributed by atoms with Crippen LogP contribution >= 0.6 is 0 Å². The Morgan fingerprint density at radius 1 is 1.44 bits per heavy atom. The fourth-order valence-electron chi connectivity index (χ4n) is 3.01. The van der Waals surface area contributed by atoms with E-state index in [1.54, 1.807) is 0 Å². The Bertz CT molecular complexity index is 454. The number of nitrogens with zero attached hydrogens (tertiary/aromatic N) is 1. The summed E-state index contributed by atoms with van der Waals surface area (Å²) in [5.74, 6) is -0.477. The minimum atomic E-state index is -0.695. The third-order valence-electron chi connectivity index (χ3n) is 4.22. The van der Waals surface area contributed by atoms with Gasteiger partial charge in [-0.1, -0.05) is 18.2 Å². The quantitative estimate of drug-likeness (QED) is 0.892. The van der Waals surface area contributed by atoms with Gasteiger partial charge in [0, 0.05) is 17.8 Å². The lowest BCUT2D eigenvalue weighted by Crippen LogP contribution is -2.43. The lowest BCUT2D eigenvalue weighted by Gasteiger charge is -2.38. The molecule has 0 spiro atoms. The third-order valence-corrected chi connectivity index (χ3v) is 4.22. The smallest absolute Gasteiger partial charge is 0.303 e. The van der Waals surface area contributed by atoms with E-state index in [4.69, 9.17) is 5.11 Å². The summed E-state index contributed by atoms with van der Waals surface area (Å²) in [6.45, 7) is 7.35. The summed E-state index contributed by atoms with van der Waals surface area (Å²) in [4.78, 5) is 13.3. The van der Waals surface area contributed by atoms with E-state index in [1.165, 1.54) is 11.3 Å². The molecule has 0 radical (unpaired) electrons. The van der Waals surface area contributed by atoms with Crippen LogP contribution in [0.15, 0.2) is 24.3 Å². The standard InChI is InChI=1S/C15H21NO2/c1-11-6-4-5-7-13(11)16-9-8-12(10-14(17)18)15(16,2)3/h4-7,12H,8-10H2,1-3H3,(H,17,18). The number of aryl methyl sites for hydroxylation is 1.